The summed E-state index contributed by atoms with van der Waals surface area (Å²) in [7, 11) is -3.51. The summed E-state index contributed by atoms with van der Waals surface area (Å²) >= 11 is 5.95. The summed E-state index contributed by atoms with van der Waals surface area (Å²) in [5.41, 5.74) is 1.42. The molecule has 1 saturated heterocycles. The molecule has 2 amide bonds. The Hall–Kier alpha value is -2.68. The molecule has 2 aromatic rings. The second-order valence-corrected chi connectivity index (χ2v) is 10.00. The lowest BCUT2D eigenvalue weighted by molar-refractivity contribution is -0.120. The second kappa shape index (κ2) is 10.8. The van der Waals surface area contributed by atoms with Crippen LogP contribution in [0.1, 0.15) is 28.8 Å². The van der Waals surface area contributed by atoms with Crippen LogP contribution in [-0.4, -0.2) is 44.2 Å². The van der Waals surface area contributed by atoms with Gasteiger partial charge in [0.25, 0.3) is 5.91 Å². The van der Waals surface area contributed by atoms with E-state index in [1.165, 1.54) is 4.31 Å². The van der Waals surface area contributed by atoms with E-state index in [2.05, 4.69) is 17.2 Å². The minimum atomic E-state index is -3.51. The molecule has 3 rings (SSSR count). The van der Waals surface area contributed by atoms with Crippen LogP contribution < -0.4 is 10.6 Å². The van der Waals surface area contributed by atoms with Gasteiger partial charge in [-0.1, -0.05) is 41.9 Å². The summed E-state index contributed by atoms with van der Waals surface area (Å²) in [5.74, 6) is -0.988. The highest BCUT2D eigenvalue weighted by atomic mass is 35.5. The van der Waals surface area contributed by atoms with Gasteiger partial charge in [-0.2, -0.15) is 0 Å². The Morgan fingerprint density at radius 2 is 1.84 bits per heavy atom. The summed E-state index contributed by atoms with van der Waals surface area (Å²) < 4.78 is 27.0. The van der Waals surface area contributed by atoms with Crippen molar-refractivity contribution in [2.24, 2.45) is 5.92 Å². The average molecular weight is 476 g/mol. The van der Waals surface area contributed by atoms with Gasteiger partial charge in [-0.25, -0.2) is 12.7 Å². The fourth-order valence-electron chi connectivity index (χ4n) is 3.61. The van der Waals surface area contributed by atoms with Crippen molar-refractivity contribution >= 4 is 39.1 Å². The van der Waals surface area contributed by atoms with Crippen molar-refractivity contribution in [2.75, 3.05) is 25.0 Å². The molecule has 0 spiro atoms. The highest BCUT2D eigenvalue weighted by Gasteiger charge is 2.31. The number of hydrogen-bond acceptors (Lipinski definition) is 4. The molecule has 0 saturated carbocycles. The van der Waals surface area contributed by atoms with Gasteiger partial charge in [0, 0.05) is 30.6 Å². The molecule has 1 fully saturated rings. The van der Waals surface area contributed by atoms with Crippen molar-refractivity contribution in [2.45, 2.75) is 18.6 Å². The number of rotatable bonds is 8. The van der Waals surface area contributed by atoms with Crippen LogP contribution in [-0.2, 0) is 20.6 Å². The molecule has 0 atom stereocenters. The van der Waals surface area contributed by atoms with E-state index in [4.69, 9.17) is 11.6 Å². The first-order valence-electron chi connectivity index (χ1n) is 10.3. The molecule has 1 aliphatic rings. The number of amides is 2. The maximum Gasteiger partial charge on any atom is 0.253 e. The summed E-state index contributed by atoms with van der Waals surface area (Å²) in [5, 5.41) is 6.02. The van der Waals surface area contributed by atoms with Gasteiger partial charge in [-0.15, -0.1) is 6.58 Å². The number of carbonyl (C=O) groups is 2. The Bertz CT molecular complexity index is 1100. The predicted octanol–water partition coefficient (Wildman–Crippen LogP) is 3.44. The van der Waals surface area contributed by atoms with Crippen LogP contribution in [0.25, 0.3) is 0 Å². The van der Waals surface area contributed by atoms with E-state index in [0.717, 1.165) is 0 Å². The molecule has 0 bridgehead atoms. The summed E-state index contributed by atoms with van der Waals surface area (Å²) in [6.07, 6.45) is 2.39. The Balaban J connectivity index is 1.59. The molecule has 0 aromatic heterocycles. The van der Waals surface area contributed by atoms with Crippen molar-refractivity contribution in [3.05, 3.63) is 77.3 Å². The number of sulfonamides is 1. The first-order chi connectivity index (χ1) is 15.3. The number of piperidine rings is 1. The number of nitrogens with zero attached hydrogens (tertiary/aromatic N) is 1. The molecule has 2 aromatic carbocycles. The van der Waals surface area contributed by atoms with E-state index < -0.39 is 10.0 Å². The molecule has 9 heteroatoms. The van der Waals surface area contributed by atoms with Crippen LogP contribution in [0, 0.1) is 5.92 Å². The monoisotopic (exact) mass is 475 g/mol. The fourth-order valence-corrected chi connectivity index (χ4v) is 5.37. The van der Waals surface area contributed by atoms with Crippen molar-refractivity contribution in [1.82, 2.24) is 9.62 Å². The van der Waals surface area contributed by atoms with Gasteiger partial charge >= 0.3 is 0 Å². The minimum absolute atomic E-state index is 0.127. The predicted molar refractivity (Wildman–Crippen MR) is 126 cm³/mol. The van der Waals surface area contributed by atoms with Crippen molar-refractivity contribution < 1.29 is 18.0 Å². The number of hydrogen-bond donors (Lipinski definition) is 2. The van der Waals surface area contributed by atoms with E-state index in [9.17, 15) is 18.0 Å². The van der Waals surface area contributed by atoms with Gasteiger partial charge in [0.1, 0.15) is 0 Å². The van der Waals surface area contributed by atoms with Gasteiger partial charge in [0.2, 0.25) is 15.9 Å². The third kappa shape index (κ3) is 6.18. The van der Waals surface area contributed by atoms with Gasteiger partial charge < -0.3 is 10.6 Å². The first-order valence-corrected chi connectivity index (χ1v) is 12.3. The Morgan fingerprint density at radius 3 is 2.53 bits per heavy atom. The SMILES string of the molecule is C=CCNC(=O)c1ccccc1NC(=O)C1CCN(S(=O)(=O)Cc2cccc(Cl)c2)CC1. The Labute approximate surface area is 193 Å². The second-order valence-electron chi connectivity index (χ2n) is 7.59. The first kappa shape index (κ1) is 24.0. The fraction of sp³-hybridized carbons (Fsp3) is 0.304. The van der Waals surface area contributed by atoms with Gasteiger partial charge in [-0.05, 0) is 42.7 Å². The minimum Gasteiger partial charge on any atom is -0.349 e. The smallest absolute Gasteiger partial charge is 0.253 e. The zero-order valence-electron chi connectivity index (χ0n) is 17.6. The lowest BCUT2D eigenvalue weighted by Gasteiger charge is -2.30. The number of benzene rings is 2. The van der Waals surface area contributed by atoms with E-state index in [1.807, 2.05) is 0 Å². The van der Waals surface area contributed by atoms with Crippen LogP contribution in [0.2, 0.25) is 5.02 Å². The maximum atomic E-state index is 12.8. The van der Waals surface area contributed by atoms with E-state index >= 15 is 0 Å². The zero-order chi connectivity index (χ0) is 23.1. The number of anilines is 1. The molecule has 2 N–H and O–H groups in total. The number of carbonyl (C=O) groups excluding carboxylic acids is 2. The molecule has 32 heavy (non-hydrogen) atoms. The van der Waals surface area contributed by atoms with E-state index in [-0.39, 0.29) is 36.6 Å². The topological polar surface area (TPSA) is 95.6 Å². The van der Waals surface area contributed by atoms with Crippen molar-refractivity contribution in [3.8, 4) is 0 Å². The quantitative estimate of drug-likeness (QED) is 0.572. The summed E-state index contributed by atoms with van der Waals surface area (Å²) in [6.45, 7) is 4.43. The van der Waals surface area contributed by atoms with Gasteiger partial charge in [0.05, 0.1) is 17.0 Å². The molecule has 0 radical (unpaired) electrons. The highest BCUT2D eigenvalue weighted by molar-refractivity contribution is 7.88. The van der Waals surface area contributed by atoms with Crippen molar-refractivity contribution in [1.29, 1.82) is 0 Å². The summed E-state index contributed by atoms with van der Waals surface area (Å²) in [6, 6.07) is 13.6. The molecular weight excluding hydrogens is 450 g/mol. The molecule has 170 valence electrons. The normalized spacial score (nSPS) is 15.2. The largest absolute Gasteiger partial charge is 0.349 e. The van der Waals surface area contributed by atoms with Crippen LogP contribution in [0.3, 0.4) is 0 Å². The maximum absolute atomic E-state index is 12.8. The van der Waals surface area contributed by atoms with Crippen LogP contribution in [0.5, 0.6) is 0 Å². The number of para-hydroxylation sites is 1. The van der Waals surface area contributed by atoms with Crippen molar-refractivity contribution in [3.63, 3.8) is 0 Å². The lowest BCUT2D eigenvalue weighted by atomic mass is 9.97. The van der Waals surface area contributed by atoms with Crippen LogP contribution in [0.15, 0.2) is 61.2 Å². The molecule has 1 aliphatic heterocycles. The molecule has 0 unspecified atom stereocenters. The Kier molecular flexibility index (Phi) is 8.06. The number of halogens is 1. The van der Waals surface area contributed by atoms with Crippen LogP contribution in [0.4, 0.5) is 5.69 Å². The lowest BCUT2D eigenvalue weighted by Crippen LogP contribution is -2.42. The third-order valence-corrected chi connectivity index (χ3v) is 7.38. The molecule has 7 nitrogen and oxygen atoms in total. The third-order valence-electron chi connectivity index (χ3n) is 5.29. The molecular formula is C23H26ClN3O4S. The summed E-state index contributed by atoms with van der Waals surface area (Å²) in [4.78, 5) is 25.1. The standard InChI is InChI=1S/C23H26ClN3O4S/c1-2-12-25-23(29)20-8-3-4-9-21(20)26-22(28)18-10-13-27(14-11-18)32(30,31)16-17-6-5-7-19(24)15-17/h2-9,15,18H,1,10-14,16H2,(H,25,29)(H,26,28). The molecule has 0 aliphatic carbocycles. The molecule has 1 heterocycles. The van der Waals surface area contributed by atoms with E-state index in [1.54, 1.807) is 54.6 Å². The average Bonchev–Trinajstić information content (AvgIpc) is 2.77. The van der Waals surface area contributed by atoms with Crippen LogP contribution >= 0.6 is 11.6 Å². The van der Waals surface area contributed by atoms with Gasteiger partial charge in [0.15, 0.2) is 0 Å². The Morgan fingerprint density at radius 1 is 1.12 bits per heavy atom. The highest BCUT2D eigenvalue weighted by Crippen LogP contribution is 2.24. The zero-order valence-corrected chi connectivity index (χ0v) is 19.2. The van der Waals surface area contributed by atoms with E-state index in [0.29, 0.717) is 41.2 Å². The van der Waals surface area contributed by atoms with Gasteiger partial charge in [-0.3, -0.25) is 9.59 Å². The number of nitrogens with one attached hydrogen (secondary N) is 2.